The molecule has 190 valence electrons. The summed E-state index contributed by atoms with van der Waals surface area (Å²) in [6.45, 7) is 3.96. The number of pyridine rings is 1. The number of nitrogens with two attached hydrogens (primary N) is 1. The lowest BCUT2D eigenvalue weighted by molar-refractivity contribution is 0.0524. The Labute approximate surface area is 207 Å². The summed E-state index contributed by atoms with van der Waals surface area (Å²) in [5, 5.41) is 0. The summed E-state index contributed by atoms with van der Waals surface area (Å²) in [4.78, 5) is 58.9. The maximum Gasteiger partial charge on any atom is 0.339 e. The van der Waals surface area contributed by atoms with E-state index < -0.39 is 23.1 Å². The van der Waals surface area contributed by atoms with Gasteiger partial charge >= 0.3 is 11.7 Å². The number of benzene rings is 1. The minimum atomic E-state index is -0.799. The number of nitrogens with one attached hydrogen (secondary N) is 1. The number of anilines is 2. The van der Waals surface area contributed by atoms with Gasteiger partial charge in [0.25, 0.3) is 11.5 Å². The molecule has 1 aromatic carbocycles. The maximum atomic E-state index is 13.6. The Morgan fingerprint density at radius 3 is 2.50 bits per heavy atom. The van der Waals surface area contributed by atoms with E-state index in [9.17, 15) is 19.2 Å². The van der Waals surface area contributed by atoms with Gasteiger partial charge in [-0.3, -0.25) is 24.0 Å². The summed E-state index contributed by atoms with van der Waals surface area (Å²) in [5.74, 6) is -1.32. The molecule has 0 saturated carbocycles. The molecule has 11 heteroatoms. The molecule has 3 aromatic rings. The van der Waals surface area contributed by atoms with Crippen LogP contribution >= 0.6 is 0 Å². The first-order valence-corrected chi connectivity index (χ1v) is 11.4. The number of carbonyl (C=O) groups is 2. The summed E-state index contributed by atoms with van der Waals surface area (Å²) >= 11 is 0. The number of rotatable bonds is 10. The predicted molar refractivity (Wildman–Crippen MR) is 134 cm³/mol. The van der Waals surface area contributed by atoms with Gasteiger partial charge in [0.05, 0.1) is 24.4 Å². The predicted octanol–water partition coefficient (Wildman–Crippen LogP) is 1.73. The van der Waals surface area contributed by atoms with E-state index in [1.165, 1.54) is 28.7 Å². The number of carbonyl (C=O) groups excluding carboxylic acids is 2. The SMILES string of the molecule is CCOC(=O)c1ccc(C(=O)N(CCCOC)c2c(N)n(Cc3ccccc3)c(=O)[nH]c2=O)nc1C. The van der Waals surface area contributed by atoms with E-state index in [2.05, 4.69) is 9.97 Å². The molecule has 1 amide bonds. The van der Waals surface area contributed by atoms with Crippen molar-refractivity contribution in [3.05, 3.63) is 85.8 Å². The second-order valence-corrected chi connectivity index (χ2v) is 7.92. The first kappa shape index (κ1) is 26.4. The lowest BCUT2D eigenvalue weighted by Crippen LogP contribution is -2.42. The highest BCUT2D eigenvalue weighted by Gasteiger charge is 2.27. The minimum absolute atomic E-state index is 0.00225. The Balaban J connectivity index is 2.06. The van der Waals surface area contributed by atoms with Crippen molar-refractivity contribution in [2.45, 2.75) is 26.8 Å². The van der Waals surface area contributed by atoms with Gasteiger partial charge in [0, 0.05) is 20.3 Å². The van der Waals surface area contributed by atoms with Crippen molar-refractivity contribution in [2.75, 3.05) is 37.5 Å². The maximum absolute atomic E-state index is 13.6. The molecule has 36 heavy (non-hydrogen) atoms. The fourth-order valence-corrected chi connectivity index (χ4v) is 3.69. The highest BCUT2D eigenvalue weighted by atomic mass is 16.5. The van der Waals surface area contributed by atoms with Crippen molar-refractivity contribution < 1.29 is 19.1 Å². The summed E-state index contributed by atoms with van der Waals surface area (Å²) in [6.07, 6.45) is 0.388. The number of methoxy groups -OCH3 is 1. The van der Waals surface area contributed by atoms with Crippen LogP contribution in [0.2, 0.25) is 0 Å². The van der Waals surface area contributed by atoms with Crippen LogP contribution in [0.15, 0.2) is 52.1 Å². The quantitative estimate of drug-likeness (QED) is 0.319. The molecule has 0 spiro atoms. The van der Waals surface area contributed by atoms with Gasteiger partial charge in [0.2, 0.25) is 0 Å². The largest absolute Gasteiger partial charge is 0.462 e. The second-order valence-electron chi connectivity index (χ2n) is 7.92. The van der Waals surface area contributed by atoms with E-state index in [1.54, 1.807) is 13.8 Å². The number of aromatic nitrogens is 3. The van der Waals surface area contributed by atoms with Gasteiger partial charge in [-0.25, -0.2) is 14.6 Å². The van der Waals surface area contributed by atoms with Gasteiger partial charge < -0.3 is 15.2 Å². The number of hydrogen-bond donors (Lipinski definition) is 2. The third kappa shape index (κ3) is 5.87. The third-order valence-electron chi connectivity index (χ3n) is 5.44. The Kier molecular flexibility index (Phi) is 8.74. The van der Waals surface area contributed by atoms with Crippen LogP contribution in [-0.4, -0.2) is 53.3 Å². The van der Waals surface area contributed by atoms with Crippen molar-refractivity contribution in [3.63, 3.8) is 0 Å². The number of ether oxygens (including phenoxy) is 2. The average molecular weight is 496 g/mol. The monoisotopic (exact) mass is 495 g/mol. The molecule has 2 heterocycles. The van der Waals surface area contributed by atoms with Crippen LogP contribution in [0.1, 0.15) is 45.4 Å². The van der Waals surface area contributed by atoms with Gasteiger partial charge in [-0.2, -0.15) is 0 Å². The van der Waals surface area contributed by atoms with E-state index in [1.807, 2.05) is 30.3 Å². The summed E-state index contributed by atoms with van der Waals surface area (Å²) in [5.41, 5.74) is 5.97. The van der Waals surface area contributed by atoms with Gasteiger partial charge in [0.1, 0.15) is 11.5 Å². The zero-order chi connectivity index (χ0) is 26.2. The highest BCUT2D eigenvalue weighted by molar-refractivity contribution is 6.06. The zero-order valence-corrected chi connectivity index (χ0v) is 20.4. The molecular weight excluding hydrogens is 466 g/mol. The Hall–Kier alpha value is -4.25. The van der Waals surface area contributed by atoms with Gasteiger partial charge in [-0.1, -0.05) is 30.3 Å². The lowest BCUT2D eigenvalue weighted by Gasteiger charge is -2.24. The highest BCUT2D eigenvalue weighted by Crippen LogP contribution is 2.21. The smallest absolute Gasteiger partial charge is 0.339 e. The molecule has 0 bridgehead atoms. The van der Waals surface area contributed by atoms with Crippen LogP contribution < -0.4 is 21.9 Å². The number of aromatic amines is 1. The first-order valence-electron chi connectivity index (χ1n) is 11.4. The summed E-state index contributed by atoms with van der Waals surface area (Å²) < 4.78 is 11.3. The lowest BCUT2D eigenvalue weighted by atomic mass is 10.1. The number of H-pyrrole nitrogens is 1. The van der Waals surface area contributed by atoms with Crippen LogP contribution in [0.3, 0.4) is 0 Å². The van der Waals surface area contributed by atoms with Gasteiger partial charge in [0.15, 0.2) is 5.69 Å². The Bertz CT molecular complexity index is 1350. The molecular formula is C25H29N5O6. The molecule has 11 nitrogen and oxygen atoms in total. The van der Waals surface area contributed by atoms with E-state index in [0.717, 1.165) is 5.56 Å². The number of nitrogen functional groups attached to an aromatic ring is 1. The van der Waals surface area contributed by atoms with Gasteiger partial charge in [-0.05, 0) is 38.0 Å². The fourth-order valence-electron chi connectivity index (χ4n) is 3.69. The molecule has 3 N–H and O–H groups in total. The number of esters is 1. The molecule has 0 fully saturated rings. The van der Waals surface area contributed by atoms with Crippen molar-refractivity contribution >= 4 is 23.4 Å². The topological polar surface area (TPSA) is 150 Å². The van der Waals surface area contributed by atoms with Crippen molar-refractivity contribution in [1.82, 2.24) is 14.5 Å². The van der Waals surface area contributed by atoms with Crippen LogP contribution in [0.25, 0.3) is 0 Å². The van der Waals surface area contributed by atoms with Crippen LogP contribution in [0.5, 0.6) is 0 Å². The molecule has 3 rings (SSSR count). The number of aryl methyl sites for hydroxylation is 1. The minimum Gasteiger partial charge on any atom is -0.462 e. The fraction of sp³-hybridized carbons (Fsp3) is 0.320. The Morgan fingerprint density at radius 2 is 1.86 bits per heavy atom. The van der Waals surface area contributed by atoms with Crippen LogP contribution in [0, 0.1) is 6.92 Å². The molecule has 0 atom stereocenters. The van der Waals surface area contributed by atoms with Crippen molar-refractivity contribution in [1.29, 1.82) is 0 Å². The molecule has 0 radical (unpaired) electrons. The molecule has 0 aliphatic heterocycles. The summed E-state index contributed by atoms with van der Waals surface area (Å²) in [6, 6.07) is 11.9. The van der Waals surface area contributed by atoms with Crippen molar-refractivity contribution in [2.24, 2.45) is 0 Å². The standard InChI is InChI=1S/C25H29N5O6/c1-4-36-24(33)18-11-12-19(27-16(18)2)23(32)29(13-8-14-35-3)20-21(26)30(25(34)28-22(20)31)15-17-9-6-5-7-10-17/h5-7,9-12H,4,8,13-15,26H2,1-3H3,(H,28,31,34). The molecule has 0 aliphatic carbocycles. The number of amides is 1. The number of nitrogens with zero attached hydrogens (tertiary/aromatic N) is 3. The second kappa shape index (κ2) is 11.9. The van der Waals surface area contributed by atoms with E-state index in [0.29, 0.717) is 18.7 Å². The Morgan fingerprint density at radius 1 is 1.14 bits per heavy atom. The van der Waals surface area contributed by atoms with E-state index in [4.69, 9.17) is 15.2 Å². The normalized spacial score (nSPS) is 10.8. The van der Waals surface area contributed by atoms with Gasteiger partial charge in [-0.15, -0.1) is 0 Å². The molecule has 0 unspecified atom stereocenters. The van der Waals surface area contributed by atoms with Crippen molar-refractivity contribution in [3.8, 4) is 0 Å². The van der Waals surface area contributed by atoms with Crippen LogP contribution in [0.4, 0.5) is 11.5 Å². The molecule has 0 saturated heterocycles. The zero-order valence-electron chi connectivity index (χ0n) is 20.4. The molecule has 0 aliphatic rings. The summed E-state index contributed by atoms with van der Waals surface area (Å²) in [7, 11) is 1.52. The average Bonchev–Trinajstić information content (AvgIpc) is 2.86. The van der Waals surface area contributed by atoms with Crippen LogP contribution in [-0.2, 0) is 16.0 Å². The van der Waals surface area contributed by atoms with E-state index >= 15 is 0 Å². The number of hydrogen-bond acceptors (Lipinski definition) is 8. The van der Waals surface area contributed by atoms with E-state index in [-0.39, 0.29) is 42.5 Å². The first-order chi connectivity index (χ1) is 17.3. The molecule has 2 aromatic heterocycles. The third-order valence-corrected chi connectivity index (χ3v) is 5.44.